The van der Waals surface area contributed by atoms with E-state index in [0.717, 1.165) is 11.3 Å². The van der Waals surface area contributed by atoms with Gasteiger partial charge in [-0.25, -0.2) is 19.2 Å². The summed E-state index contributed by atoms with van der Waals surface area (Å²) in [7, 11) is 1.88. The molecule has 9 heteroatoms. The van der Waals surface area contributed by atoms with E-state index >= 15 is 0 Å². The zero-order chi connectivity index (χ0) is 19.7. The van der Waals surface area contributed by atoms with Crippen molar-refractivity contribution in [3.8, 4) is 22.5 Å². The van der Waals surface area contributed by atoms with Crippen molar-refractivity contribution in [2.75, 3.05) is 11.9 Å². The minimum Gasteiger partial charge on any atom is -0.338 e. The van der Waals surface area contributed by atoms with Crippen molar-refractivity contribution in [3.05, 3.63) is 48.8 Å². The van der Waals surface area contributed by atoms with Crippen molar-refractivity contribution in [1.29, 1.82) is 0 Å². The van der Waals surface area contributed by atoms with E-state index in [9.17, 15) is 9.18 Å². The van der Waals surface area contributed by atoms with Gasteiger partial charge in [-0.3, -0.25) is 10.3 Å². The second kappa shape index (κ2) is 7.10. The fourth-order valence-electron chi connectivity index (χ4n) is 3.04. The Labute approximate surface area is 159 Å². The molecule has 0 saturated carbocycles. The predicted octanol–water partition coefficient (Wildman–Crippen LogP) is 3.31. The zero-order valence-corrected chi connectivity index (χ0v) is 15.3. The van der Waals surface area contributed by atoms with E-state index in [1.807, 2.05) is 30.7 Å². The molecule has 0 radical (unpaired) electrons. The lowest BCUT2D eigenvalue weighted by molar-refractivity contribution is 0.252. The Balaban J connectivity index is 1.91. The number of urea groups is 1. The lowest BCUT2D eigenvalue weighted by atomic mass is 10.0. The van der Waals surface area contributed by atoms with Gasteiger partial charge < -0.3 is 14.9 Å². The number of carbonyl (C=O) groups is 1. The van der Waals surface area contributed by atoms with Crippen LogP contribution in [0.3, 0.4) is 0 Å². The number of H-pyrrole nitrogens is 1. The molecule has 0 spiro atoms. The summed E-state index contributed by atoms with van der Waals surface area (Å²) in [5.74, 6) is -0.181. The molecule has 3 aromatic heterocycles. The summed E-state index contributed by atoms with van der Waals surface area (Å²) < 4.78 is 16.3. The molecule has 0 aliphatic heterocycles. The number of pyridine rings is 1. The Morgan fingerprint density at radius 2 is 2.21 bits per heavy atom. The Kier molecular flexibility index (Phi) is 4.48. The van der Waals surface area contributed by atoms with Crippen LogP contribution >= 0.6 is 0 Å². The van der Waals surface area contributed by atoms with Crippen LogP contribution in [0, 0.1) is 5.82 Å². The first kappa shape index (κ1) is 17.7. The molecule has 0 saturated heterocycles. The summed E-state index contributed by atoms with van der Waals surface area (Å²) >= 11 is 0. The highest BCUT2D eigenvalue weighted by atomic mass is 19.1. The minimum atomic E-state index is -0.446. The number of amides is 2. The van der Waals surface area contributed by atoms with Gasteiger partial charge in [-0.05, 0) is 31.2 Å². The maximum absolute atomic E-state index is 14.5. The molecular formula is C19H18FN7O. The second-order valence-electron chi connectivity index (χ2n) is 6.21. The number of rotatable bonds is 4. The van der Waals surface area contributed by atoms with Crippen LogP contribution < -0.4 is 10.6 Å². The van der Waals surface area contributed by atoms with Gasteiger partial charge in [-0.15, -0.1) is 0 Å². The number of aromatic amines is 1. The van der Waals surface area contributed by atoms with E-state index < -0.39 is 5.82 Å². The topological polar surface area (TPSA) is 101 Å². The Morgan fingerprint density at radius 3 is 2.93 bits per heavy atom. The number of benzene rings is 1. The second-order valence-corrected chi connectivity index (χ2v) is 6.21. The highest BCUT2D eigenvalue weighted by Crippen LogP contribution is 2.33. The maximum Gasteiger partial charge on any atom is 0.321 e. The van der Waals surface area contributed by atoms with Crippen molar-refractivity contribution >= 4 is 23.0 Å². The molecule has 28 heavy (non-hydrogen) atoms. The third-order valence-corrected chi connectivity index (χ3v) is 4.29. The number of carbonyl (C=O) groups excluding carboxylic acids is 1. The molecule has 4 rings (SSSR count). The average molecular weight is 379 g/mol. The standard InChI is InChI=1S/C19H18FN7O/c1-3-22-19(28)26-18-24-14-8-11(15-9-21-10-27(15)2)7-12(17(14)25-18)16-13(20)5-4-6-23-16/h4-10H,3H2,1-2H3,(H3,22,24,25,26,28). The zero-order valence-electron chi connectivity index (χ0n) is 15.3. The maximum atomic E-state index is 14.5. The van der Waals surface area contributed by atoms with Crippen molar-refractivity contribution in [3.63, 3.8) is 0 Å². The van der Waals surface area contributed by atoms with Crippen LogP contribution in [0.5, 0.6) is 0 Å². The van der Waals surface area contributed by atoms with Gasteiger partial charge in [0.05, 0.1) is 29.3 Å². The molecule has 0 fully saturated rings. The van der Waals surface area contributed by atoms with Gasteiger partial charge in [0, 0.05) is 30.9 Å². The largest absolute Gasteiger partial charge is 0.338 e. The van der Waals surface area contributed by atoms with Gasteiger partial charge in [0.25, 0.3) is 0 Å². The highest BCUT2D eigenvalue weighted by molar-refractivity contribution is 5.97. The molecule has 0 atom stereocenters. The van der Waals surface area contributed by atoms with Crippen molar-refractivity contribution in [2.45, 2.75) is 6.92 Å². The number of hydrogen-bond acceptors (Lipinski definition) is 4. The molecule has 142 valence electrons. The Bertz CT molecular complexity index is 1160. The molecule has 2 amide bonds. The first-order chi connectivity index (χ1) is 13.6. The number of fused-ring (bicyclic) bond motifs is 1. The van der Waals surface area contributed by atoms with Crippen LogP contribution in [0.15, 0.2) is 43.0 Å². The molecule has 0 bridgehead atoms. The predicted molar refractivity (Wildman–Crippen MR) is 104 cm³/mol. The number of imidazole rings is 2. The van der Waals surface area contributed by atoms with E-state index in [1.54, 1.807) is 12.5 Å². The number of hydrogen-bond donors (Lipinski definition) is 3. The summed E-state index contributed by atoms with van der Waals surface area (Å²) in [5.41, 5.74) is 3.55. The van der Waals surface area contributed by atoms with Crippen molar-refractivity contribution in [2.24, 2.45) is 7.05 Å². The lowest BCUT2D eigenvalue weighted by Crippen LogP contribution is -2.28. The van der Waals surface area contributed by atoms with Gasteiger partial charge >= 0.3 is 6.03 Å². The minimum absolute atomic E-state index is 0.199. The van der Waals surface area contributed by atoms with Crippen LogP contribution in [-0.4, -0.2) is 37.1 Å². The molecule has 3 N–H and O–H groups in total. The molecule has 1 aromatic carbocycles. The molecule has 0 unspecified atom stereocenters. The number of halogens is 1. The smallest absolute Gasteiger partial charge is 0.321 e. The first-order valence-corrected chi connectivity index (χ1v) is 8.73. The first-order valence-electron chi connectivity index (χ1n) is 8.73. The third-order valence-electron chi connectivity index (χ3n) is 4.29. The highest BCUT2D eigenvalue weighted by Gasteiger charge is 2.17. The molecular weight excluding hydrogens is 361 g/mol. The van der Waals surface area contributed by atoms with Crippen molar-refractivity contribution in [1.82, 2.24) is 29.8 Å². The number of aromatic nitrogens is 5. The average Bonchev–Trinajstić information content (AvgIpc) is 3.27. The Morgan fingerprint density at radius 1 is 1.36 bits per heavy atom. The van der Waals surface area contributed by atoms with Gasteiger partial charge in [-0.1, -0.05) is 0 Å². The van der Waals surface area contributed by atoms with Crippen molar-refractivity contribution < 1.29 is 9.18 Å². The SMILES string of the molecule is CCNC(=O)Nc1nc2cc(-c3cncn3C)cc(-c3ncccc3F)c2[nH]1. The van der Waals surface area contributed by atoms with E-state index in [1.165, 1.54) is 18.3 Å². The van der Waals surface area contributed by atoms with Crippen LogP contribution in [0.25, 0.3) is 33.5 Å². The van der Waals surface area contributed by atoms with Gasteiger partial charge in [0.1, 0.15) is 11.5 Å². The van der Waals surface area contributed by atoms with Gasteiger partial charge in [0.15, 0.2) is 0 Å². The van der Waals surface area contributed by atoms with E-state index in [-0.39, 0.29) is 17.7 Å². The molecule has 4 aromatic rings. The van der Waals surface area contributed by atoms with Gasteiger partial charge in [0.2, 0.25) is 5.95 Å². The third kappa shape index (κ3) is 3.18. The van der Waals surface area contributed by atoms with Gasteiger partial charge in [-0.2, -0.15) is 0 Å². The molecule has 3 heterocycles. The summed E-state index contributed by atoms with van der Waals surface area (Å²) in [6, 6.07) is 6.21. The Hall–Kier alpha value is -3.75. The summed E-state index contributed by atoms with van der Waals surface area (Å²) in [6.07, 6.45) is 4.94. The lowest BCUT2D eigenvalue weighted by Gasteiger charge is -2.08. The van der Waals surface area contributed by atoms with Crippen LogP contribution in [0.2, 0.25) is 0 Å². The fourth-order valence-corrected chi connectivity index (χ4v) is 3.04. The number of aryl methyl sites for hydroxylation is 1. The quantitative estimate of drug-likeness (QED) is 0.506. The van der Waals surface area contributed by atoms with E-state index in [2.05, 4.69) is 30.6 Å². The fraction of sp³-hybridized carbons (Fsp3) is 0.158. The van der Waals surface area contributed by atoms with Crippen LogP contribution in [0.1, 0.15) is 6.92 Å². The monoisotopic (exact) mass is 379 g/mol. The number of nitrogens with one attached hydrogen (secondary N) is 3. The van der Waals surface area contributed by atoms with E-state index in [0.29, 0.717) is 23.1 Å². The summed E-state index contributed by atoms with van der Waals surface area (Å²) in [6.45, 7) is 2.31. The number of anilines is 1. The molecule has 8 nitrogen and oxygen atoms in total. The molecule has 0 aliphatic carbocycles. The normalized spacial score (nSPS) is 11.0. The number of nitrogens with zero attached hydrogens (tertiary/aromatic N) is 4. The van der Waals surface area contributed by atoms with Crippen LogP contribution in [0.4, 0.5) is 15.1 Å². The van der Waals surface area contributed by atoms with E-state index in [4.69, 9.17) is 0 Å². The summed E-state index contributed by atoms with van der Waals surface area (Å²) in [4.78, 5) is 27.7. The van der Waals surface area contributed by atoms with Crippen LogP contribution in [-0.2, 0) is 7.05 Å². The molecule has 0 aliphatic rings. The summed E-state index contributed by atoms with van der Waals surface area (Å²) in [5, 5.41) is 5.28.